The predicted octanol–water partition coefficient (Wildman–Crippen LogP) is 1.16. The minimum Gasteiger partial charge on any atom is -0.467 e. The normalized spacial score (nSPS) is 13.1. The number of ether oxygens (including phenoxy) is 1. The summed E-state index contributed by atoms with van der Waals surface area (Å²) in [5, 5.41) is 5.22. The lowest BCUT2D eigenvalue weighted by atomic mass is 10.0. The predicted molar refractivity (Wildman–Crippen MR) is 80.4 cm³/mol. The van der Waals surface area contributed by atoms with Gasteiger partial charge >= 0.3 is 5.97 Å². The van der Waals surface area contributed by atoms with Crippen LogP contribution in [0.5, 0.6) is 0 Å². The second kappa shape index (κ2) is 9.15. The second-order valence-corrected chi connectivity index (χ2v) is 5.52. The minimum atomic E-state index is -0.757. The van der Waals surface area contributed by atoms with E-state index >= 15 is 0 Å². The van der Waals surface area contributed by atoms with Gasteiger partial charge in [0.2, 0.25) is 11.8 Å². The van der Waals surface area contributed by atoms with E-state index in [1.54, 1.807) is 0 Å². The van der Waals surface area contributed by atoms with Gasteiger partial charge in [-0.15, -0.1) is 0 Å². The molecule has 0 fully saturated rings. The molecule has 0 aromatic carbocycles. The highest BCUT2D eigenvalue weighted by molar-refractivity contribution is 5.90. The Balaban J connectivity index is 4.95. The Morgan fingerprint density at radius 1 is 1.10 bits per heavy atom. The third-order valence-electron chi connectivity index (χ3n) is 2.87. The molecule has 0 aliphatic heterocycles. The van der Waals surface area contributed by atoms with Gasteiger partial charge in [-0.05, 0) is 26.2 Å². The summed E-state index contributed by atoms with van der Waals surface area (Å²) in [7, 11) is 1.28. The number of allylic oxidation sites excluding steroid dienone is 1. The third kappa shape index (κ3) is 7.48. The van der Waals surface area contributed by atoms with Gasteiger partial charge in [0, 0.05) is 6.92 Å². The van der Waals surface area contributed by atoms with E-state index in [0.29, 0.717) is 6.42 Å². The van der Waals surface area contributed by atoms with Crippen LogP contribution in [0.15, 0.2) is 11.6 Å². The molecular weight excluding hydrogens is 272 g/mol. The van der Waals surface area contributed by atoms with Crippen LogP contribution in [0.1, 0.15) is 41.0 Å². The molecule has 120 valence electrons. The maximum Gasteiger partial charge on any atom is 0.328 e. The lowest BCUT2D eigenvalue weighted by Gasteiger charge is -2.23. The van der Waals surface area contributed by atoms with Crippen LogP contribution in [-0.2, 0) is 19.1 Å². The molecule has 0 rings (SSSR count). The molecule has 6 heteroatoms. The van der Waals surface area contributed by atoms with Crippen LogP contribution >= 0.6 is 0 Å². The van der Waals surface area contributed by atoms with Gasteiger partial charge < -0.3 is 15.4 Å². The van der Waals surface area contributed by atoms with Crippen molar-refractivity contribution in [2.24, 2.45) is 5.92 Å². The minimum absolute atomic E-state index is 0.0874. The monoisotopic (exact) mass is 298 g/mol. The van der Waals surface area contributed by atoms with Crippen LogP contribution in [0.3, 0.4) is 0 Å². The fraction of sp³-hybridized carbons (Fsp3) is 0.667. The summed E-state index contributed by atoms with van der Waals surface area (Å²) in [6, 6.07) is -1.44. The SMILES string of the molecule is COC(=O)[C@@H](CC=C(C)C)NC(=O)[C@H](NC(C)=O)C(C)C. The molecule has 0 aromatic rings. The Hall–Kier alpha value is -1.85. The standard InChI is InChI=1S/C15H26N2O4/c1-9(2)7-8-12(15(20)21-6)17-14(19)13(10(3)4)16-11(5)18/h7,10,12-13H,8H2,1-6H3,(H,16,18)(H,17,19)/t12-,13-/m1/s1. The number of hydrogen-bond acceptors (Lipinski definition) is 4. The number of carbonyl (C=O) groups is 3. The van der Waals surface area contributed by atoms with Crippen LogP contribution in [0.2, 0.25) is 0 Å². The fourth-order valence-electron chi connectivity index (χ4n) is 1.73. The molecule has 0 bridgehead atoms. The van der Waals surface area contributed by atoms with Crippen molar-refractivity contribution in [1.82, 2.24) is 10.6 Å². The number of nitrogens with one attached hydrogen (secondary N) is 2. The maximum absolute atomic E-state index is 12.2. The van der Waals surface area contributed by atoms with Gasteiger partial charge in [-0.3, -0.25) is 9.59 Å². The largest absolute Gasteiger partial charge is 0.467 e. The zero-order valence-electron chi connectivity index (χ0n) is 13.6. The topological polar surface area (TPSA) is 84.5 Å². The number of amides is 2. The molecule has 0 unspecified atom stereocenters. The van der Waals surface area contributed by atoms with Crippen molar-refractivity contribution in [3.63, 3.8) is 0 Å². The van der Waals surface area contributed by atoms with Crippen LogP contribution in [0, 0.1) is 5.92 Å². The lowest BCUT2D eigenvalue weighted by Crippen LogP contribution is -2.53. The molecule has 6 nitrogen and oxygen atoms in total. The molecule has 2 atom stereocenters. The molecule has 2 N–H and O–H groups in total. The first-order chi connectivity index (χ1) is 9.68. The molecule has 0 saturated carbocycles. The Morgan fingerprint density at radius 3 is 2.05 bits per heavy atom. The van der Waals surface area contributed by atoms with E-state index < -0.39 is 24.0 Å². The quantitative estimate of drug-likeness (QED) is 0.545. The third-order valence-corrected chi connectivity index (χ3v) is 2.87. The van der Waals surface area contributed by atoms with Gasteiger partial charge in [0.15, 0.2) is 0 Å². The van der Waals surface area contributed by atoms with E-state index in [1.165, 1.54) is 14.0 Å². The van der Waals surface area contributed by atoms with Crippen LogP contribution in [0.25, 0.3) is 0 Å². The first-order valence-corrected chi connectivity index (χ1v) is 6.97. The number of methoxy groups -OCH3 is 1. The van der Waals surface area contributed by atoms with Crippen molar-refractivity contribution in [3.05, 3.63) is 11.6 Å². The van der Waals surface area contributed by atoms with Gasteiger partial charge in [-0.2, -0.15) is 0 Å². The van der Waals surface area contributed by atoms with Crippen molar-refractivity contribution in [3.8, 4) is 0 Å². The maximum atomic E-state index is 12.2. The summed E-state index contributed by atoms with van der Waals surface area (Å²) in [6.07, 6.45) is 2.20. The van der Waals surface area contributed by atoms with E-state index in [4.69, 9.17) is 4.74 Å². The van der Waals surface area contributed by atoms with E-state index in [0.717, 1.165) is 5.57 Å². The summed E-state index contributed by atoms with van der Waals surface area (Å²) in [4.78, 5) is 35.1. The number of esters is 1. The zero-order valence-corrected chi connectivity index (χ0v) is 13.6. The highest BCUT2D eigenvalue weighted by Crippen LogP contribution is 2.05. The highest BCUT2D eigenvalue weighted by Gasteiger charge is 2.27. The summed E-state index contributed by atoms with van der Waals surface area (Å²) < 4.78 is 4.70. The first kappa shape index (κ1) is 19.1. The van der Waals surface area contributed by atoms with Gasteiger partial charge in [0.25, 0.3) is 0 Å². The Labute approximate surface area is 126 Å². The van der Waals surface area contributed by atoms with E-state index in [1.807, 2.05) is 33.8 Å². The first-order valence-electron chi connectivity index (χ1n) is 6.97. The van der Waals surface area contributed by atoms with E-state index in [2.05, 4.69) is 10.6 Å². The molecule has 0 radical (unpaired) electrons. The Kier molecular flexibility index (Phi) is 8.35. The van der Waals surface area contributed by atoms with Crippen molar-refractivity contribution in [2.75, 3.05) is 7.11 Å². The van der Waals surface area contributed by atoms with Crippen molar-refractivity contribution in [2.45, 2.75) is 53.1 Å². The molecule has 0 aliphatic rings. The van der Waals surface area contributed by atoms with Crippen LogP contribution < -0.4 is 10.6 Å². The summed E-state index contributed by atoms with van der Waals surface area (Å²) >= 11 is 0. The Morgan fingerprint density at radius 2 is 1.67 bits per heavy atom. The van der Waals surface area contributed by atoms with Gasteiger partial charge in [-0.1, -0.05) is 25.5 Å². The second-order valence-electron chi connectivity index (χ2n) is 5.52. The van der Waals surface area contributed by atoms with Crippen LogP contribution in [0.4, 0.5) is 0 Å². The fourth-order valence-corrected chi connectivity index (χ4v) is 1.73. The Bertz CT molecular complexity index is 412. The van der Waals surface area contributed by atoms with Crippen molar-refractivity contribution < 1.29 is 19.1 Å². The molecular formula is C15H26N2O4. The lowest BCUT2D eigenvalue weighted by molar-refractivity contribution is -0.145. The van der Waals surface area contributed by atoms with Gasteiger partial charge in [0.1, 0.15) is 12.1 Å². The van der Waals surface area contributed by atoms with Gasteiger partial charge in [-0.25, -0.2) is 4.79 Å². The summed E-state index contributed by atoms with van der Waals surface area (Å²) in [5.74, 6) is -1.28. The van der Waals surface area contributed by atoms with E-state index in [-0.39, 0.29) is 11.8 Å². The van der Waals surface area contributed by atoms with E-state index in [9.17, 15) is 14.4 Å². The molecule has 2 amide bonds. The number of carbonyl (C=O) groups excluding carboxylic acids is 3. The summed E-state index contributed by atoms with van der Waals surface area (Å²) in [5.41, 5.74) is 1.04. The molecule has 0 aromatic heterocycles. The van der Waals surface area contributed by atoms with Gasteiger partial charge in [0.05, 0.1) is 7.11 Å². The zero-order chi connectivity index (χ0) is 16.6. The van der Waals surface area contributed by atoms with Crippen molar-refractivity contribution in [1.29, 1.82) is 0 Å². The van der Waals surface area contributed by atoms with Crippen LogP contribution in [-0.4, -0.2) is 37.0 Å². The average molecular weight is 298 g/mol. The highest BCUT2D eigenvalue weighted by atomic mass is 16.5. The smallest absolute Gasteiger partial charge is 0.328 e. The molecule has 21 heavy (non-hydrogen) atoms. The summed E-state index contributed by atoms with van der Waals surface area (Å²) in [6.45, 7) is 8.81. The van der Waals surface area contributed by atoms with Crippen molar-refractivity contribution >= 4 is 17.8 Å². The molecule has 0 spiro atoms. The number of hydrogen-bond donors (Lipinski definition) is 2. The molecule has 0 aliphatic carbocycles. The average Bonchev–Trinajstić information content (AvgIpc) is 2.38. The number of rotatable bonds is 7. The molecule has 0 heterocycles. The molecule has 0 saturated heterocycles.